The maximum absolute atomic E-state index is 5.65. The molecule has 0 aromatic heterocycles. The summed E-state index contributed by atoms with van der Waals surface area (Å²) in [7, 11) is 0. The van der Waals surface area contributed by atoms with Crippen molar-refractivity contribution >= 4 is 15.9 Å². The van der Waals surface area contributed by atoms with Gasteiger partial charge in [0.25, 0.3) is 0 Å². The van der Waals surface area contributed by atoms with Crippen molar-refractivity contribution in [3.63, 3.8) is 0 Å². The van der Waals surface area contributed by atoms with E-state index in [1.165, 1.54) is 19.3 Å². The Hall–Kier alpha value is 0.400. The van der Waals surface area contributed by atoms with E-state index in [1.54, 1.807) is 0 Å². The minimum atomic E-state index is 0.0755. The molecule has 0 N–H and O–H groups in total. The van der Waals surface area contributed by atoms with Crippen LogP contribution in [-0.2, 0) is 9.47 Å². The van der Waals surface area contributed by atoms with Gasteiger partial charge in [0.1, 0.15) is 0 Å². The molecule has 0 spiro atoms. The van der Waals surface area contributed by atoms with E-state index in [1.807, 2.05) is 0 Å². The Morgan fingerprint density at radius 1 is 1.54 bits per heavy atom. The Morgan fingerprint density at radius 3 is 3.00 bits per heavy atom. The van der Waals surface area contributed by atoms with Gasteiger partial charge in [0.05, 0.1) is 6.61 Å². The van der Waals surface area contributed by atoms with Crippen molar-refractivity contribution in [1.29, 1.82) is 0 Å². The molecule has 1 heterocycles. The summed E-state index contributed by atoms with van der Waals surface area (Å²) in [5.41, 5.74) is 0. The summed E-state index contributed by atoms with van der Waals surface area (Å²) in [5, 5.41) is 1.06. The van der Waals surface area contributed by atoms with E-state index in [9.17, 15) is 0 Å². The van der Waals surface area contributed by atoms with Crippen LogP contribution >= 0.6 is 15.9 Å². The van der Waals surface area contributed by atoms with E-state index in [-0.39, 0.29) is 6.29 Å². The van der Waals surface area contributed by atoms with E-state index >= 15 is 0 Å². The number of rotatable bonds is 5. The molecule has 0 radical (unpaired) electrons. The Morgan fingerprint density at radius 2 is 2.38 bits per heavy atom. The standard InChI is InChI=1S/C10H19BrO2/c1-9(5-6-11)8-13-10-4-2-3-7-12-10/h9-10H,2-8H2,1H3. The SMILES string of the molecule is CC(CCBr)COC1CCCCO1. The van der Waals surface area contributed by atoms with Gasteiger partial charge in [-0.1, -0.05) is 22.9 Å². The molecule has 2 unspecified atom stereocenters. The van der Waals surface area contributed by atoms with Crippen molar-refractivity contribution in [3.8, 4) is 0 Å². The summed E-state index contributed by atoms with van der Waals surface area (Å²) in [5.74, 6) is 0.630. The highest BCUT2D eigenvalue weighted by molar-refractivity contribution is 9.09. The topological polar surface area (TPSA) is 18.5 Å². The van der Waals surface area contributed by atoms with Gasteiger partial charge in [-0.05, 0) is 31.6 Å². The Labute approximate surface area is 89.1 Å². The average Bonchev–Trinajstić information content (AvgIpc) is 2.17. The summed E-state index contributed by atoms with van der Waals surface area (Å²) in [6.07, 6.45) is 4.76. The molecule has 0 aromatic carbocycles. The minimum Gasteiger partial charge on any atom is -0.353 e. The van der Waals surface area contributed by atoms with Crippen LogP contribution in [0.25, 0.3) is 0 Å². The molecule has 78 valence electrons. The van der Waals surface area contributed by atoms with Gasteiger partial charge in [0, 0.05) is 11.9 Å². The molecular formula is C10H19BrO2. The van der Waals surface area contributed by atoms with E-state index in [0.717, 1.165) is 25.0 Å². The molecule has 1 aliphatic rings. The van der Waals surface area contributed by atoms with Crippen LogP contribution in [0.3, 0.4) is 0 Å². The lowest BCUT2D eigenvalue weighted by atomic mass is 10.1. The second kappa shape index (κ2) is 6.80. The molecule has 2 atom stereocenters. The van der Waals surface area contributed by atoms with Gasteiger partial charge < -0.3 is 9.47 Å². The lowest BCUT2D eigenvalue weighted by Crippen LogP contribution is -2.24. The van der Waals surface area contributed by atoms with E-state index in [0.29, 0.717) is 5.92 Å². The largest absolute Gasteiger partial charge is 0.353 e. The van der Waals surface area contributed by atoms with Gasteiger partial charge in [0.15, 0.2) is 6.29 Å². The second-order valence-electron chi connectivity index (χ2n) is 3.71. The Bertz CT molecular complexity index is 124. The normalized spacial score (nSPS) is 25.8. The first-order chi connectivity index (χ1) is 6.33. The first kappa shape index (κ1) is 11.5. The molecule has 1 aliphatic heterocycles. The van der Waals surface area contributed by atoms with Crippen LogP contribution in [0.5, 0.6) is 0 Å². The molecule has 0 saturated carbocycles. The van der Waals surface area contributed by atoms with Gasteiger partial charge in [-0.15, -0.1) is 0 Å². The molecule has 1 rings (SSSR count). The van der Waals surface area contributed by atoms with Gasteiger partial charge >= 0.3 is 0 Å². The summed E-state index contributed by atoms with van der Waals surface area (Å²) in [4.78, 5) is 0. The third-order valence-corrected chi connectivity index (χ3v) is 2.76. The van der Waals surface area contributed by atoms with Crippen molar-refractivity contribution in [2.45, 2.75) is 38.9 Å². The molecule has 0 amide bonds. The monoisotopic (exact) mass is 250 g/mol. The quantitative estimate of drug-likeness (QED) is 0.699. The lowest BCUT2D eigenvalue weighted by molar-refractivity contribution is -0.168. The van der Waals surface area contributed by atoms with Gasteiger partial charge in [-0.3, -0.25) is 0 Å². The lowest BCUT2D eigenvalue weighted by Gasteiger charge is -2.24. The van der Waals surface area contributed by atoms with Crippen molar-refractivity contribution in [1.82, 2.24) is 0 Å². The fourth-order valence-corrected chi connectivity index (χ4v) is 2.17. The highest BCUT2D eigenvalue weighted by Crippen LogP contribution is 2.15. The maximum atomic E-state index is 5.65. The first-order valence-electron chi connectivity index (χ1n) is 5.12. The molecule has 13 heavy (non-hydrogen) atoms. The maximum Gasteiger partial charge on any atom is 0.157 e. The fraction of sp³-hybridized carbons (Fsp3) is 1.00. The third kappa shape index (κ3) is 4.99. The summed E-state index contributed by atoms with van der Waals surface area (Å²) < 4.78 is 11.1. The third-order valence-electron chi connectivity index (χ3n) is 2.31. The summed E-state index contributed by atoms with van der Waals surface area (Å²) in [6, 6.07) is 0. The van der Waals surface area contributed by atoms with Crippen LogP contribution < -0.4 is 0 Å². The molecule has 0 bridgehead atoms. The van der Waals surface area contributed by atoms with Crippen molar-refractivity contribution < 1.29 is 9.47 Å². The number of alkyl halides is 1. The van der Waals surface area contributed by atoms with Crippen LogP contribution in [0.15, 0.2) is 0 Å². The first-order valence-corrected chi connectivity index (χ1v) is 6.24. The van der Waals surface area contributed by atoms with Crippen molar-refractivity contribution in [2.24, 2.45) is 5.92 Å². The fourth-order valence-electron chi connectivity index (χ4n) is 1.38. The van der Waals surface area contributed by atoms with E-state index in [2.05, 4.69) is 22.9 Å². The van der Waals surface area contributed by atoms with Crippen molar-refractivity contribution in [3.05, 3.63) is 0 Å². The predicted molar refractivity (Wildman–Crippen MR) is 57.1 cm³/mol. The highest BCUT2D eigenvalue weighted by Gasteiger charge is 2.14. The Kier molecular flexibility index (Phi) is 6.00. The molecule has 2 nitrogen and oxygen atoms in total. The number of ether oxygens (including phenoxy) is 2. The van der Waals surface area contributed by atoms with E-state index < -0.39 is 0 Å². The van der Waals surface area contributed by atoms with Gasteiger partial charge in [0.2, 0.25) is 0 Å². The predicted octanol–water partition coefficient (Wildman–Crippen LogP) is 2.95. The van der Waals surface area contributed by atoms with Gasteiger partial charge in [-0.25, -0.2) is 0 Å². The van der Waals surface area contributed by atoms with Crippen LogP contribution in [0.1, 0.15) is 32.6 Å². The molecule has 1 saturated heterocycles. The highest BCUT2D eigenvalue weighted by atomic mass is 79.9. The number of halogens is 1. The summed E-state index contributed by atoms with van der Waals surface area (Å²) in [6.45, 7) is 3.91. The Balaban J connectivity index is 2.03. The number of hydrogen-bond donors (Lipinski definition) is 0. The minimum absolute atomic E-state index is 0.0755. The number of hydrogen-bond acceptors (Lipinski definition) is 2. The molecule has 1 fully saturated rings. The second-order valence-corrected chi connectivity index (χ2v) is 4.51. The van der Waals surface area contributed by atoms with Crippen LogP contribution in [0.4, 0.5) is 0 Å². The zero-order valence-corrected chi connectivity index (χ0v) is 9.88. The van der Waals surface area contributed by atoms with Crippen LogP contribution in [-0.4, -0.2) is 24.8 Å². The van der Waals surface area contributed by atoms with Gasteiger partial charge in [-0.2, -0.15) is 0 Å². The molecule has 0 aliphatic carbocycles. The zero-order chi connectivity index (χ0) is 9.52. The molecule has 3 heteroatoms. The average molecular weight is 251 g/mol. The van der Waals surface area contributed by atoms with Crippen LogP contribution in [0, 0.1) is 5.92 Å². The molecule has 0 aromatic rings. The molecular weight excluding hydrogens is 232 g/mol. The van der Waals surface area contributed by atoms with E-state index in [4.69, 9.17) is 9.47 Å². The van der Waals surface area contributed by atoms with Crippen LogP contribution in [0.2, 0.25) is 0 Å². The van der Waals surface area contributed by atoms with Crippen molar-refractivity contribution in [2.75, 3.05) is 18.5 Å². The smallest absolute Gasteiger partial charge is 0.157 e. The summed E-state index contributed by atoms with van der Waals surface area (Å²) >= 11 is 3.43. The zero-order valence-electron chi connectivity index (χ0n) is 8.30.